The van der Waals surface area contributed by atoms with Gasteiger partial charge < -0.3 is 63.7 Å². The third kappa shape index (κ3) is 16.8. The molecule has 1 aromatic carbocycles. The van der Waals surface area contributed by atoms with Crippen LogP contribution in [-0.4, -0.2) is 142 Å². The van der Waals surface area contributed by atoms with E-state index in [0.29, 0.717) is 30.5 Å². The van der Waals surface area contributed by atoms with Crippen LogP contribution in [0.1, 0.15) is 78.0 Å². The molecule has 1 aromatic heterocycles. The van der Waals surface area contributed by atoms with Gasteiger partial charge in [-0.2, -0.15) is 0 Å². The number of guanidine groups is 1. The molecule has 0 spiro atoms. The lowest BCUT2D eigenvalue weighted by Crippen LogP contribution is -2.62. The molecule has 7 amide bonds. The van der Waals surface area contributed by atoms with Crippen molar-refractivity contribution in [3.05, 3.63) is 54.1 Å². The molecule has 22 heteroatoms. The highest BCUT2D eigenvalue weighted by atomic mass is 16.4. The molecule has 3 rings (SSSR count). The number of rotatable bonds is 26. The third-order valence-corrected chi connectivity index (χ3v) is 11.1. The van der Waals surface area contributed by atoms with E-state index >= 15 is 0 Å². The van der Waals surface area contributed by atoms with Gasteiger partial charge in [0.2, 0.25) is 41.4 Å². The van der Waals surface area contributed by atoms with Crippen LogP contribution in [-0.2, 0) is 51.2 Å². The number of nitrogens with two attached hydrogens (primary N) is 2. The van der Waals surface area contributed by atoms with Crippen LogP contribution in [0, 0.1) is 11.8 Å². The molecule has 65 heavy (non-hydrogen) atoms. The first-order valence-electron chi connectivity index (χ1n) is 21.9. The van der Waals surface area contributed by atoms with Gasteiger partial charge >= 0.3 is 5.97 Å². The lowest BCUT2D eigenvalue weighted by molar-refractivity contribution is -0.144. The molecule has 0 unspecified atom stereocenters. The highest BCUT2D eigenvalue weighted by Gasteiger charge is 2.40. The SMILES string of the molecule is CC[C@H](C)[C@H](NC(=O)[C@H](Cc1ccccc1)NC(=O)[C@@H](NC(=O)[C@H](CCCN=C(N)N)NC(=O)CNC)C(C)C)C(=O)N[C@@H](Cc1cnc[nH]1)C(=O)N1CCC[C@H]1C(=O)N[C@H](C)C(=O)O. The van der Waals surface area contributed by atoms with Gasteiger partial charge in [0.05, 0.1) is 12.9 Å². The van der Waals surface area contributed by atoms with E-state index in [1.54, 1.807) is 58.2 Å². The fraction of sp³-hybridized carbons (Fsp3) is 0.581. The molecule has 2 aromatic rings. The van der Waals surface area contributed by atoms with Crippen molar-refractivity contribution < 1.29 is 43.5 Å². The van der Waals surface area contributed by atoms with Crippen molar-refractivity contribution in [3.8, 4) is 0 Å². The summed E-state index contributed by atoms with van der Waals surface area (Å²) in [6.07, 6.45) is 4.50. The summed E-state index contributed by atoms with van der Waals surface area (Å²) in [6.45, 7) is 8.62. The van der Waals surface area contributed by atoms with Crippen molar-refractivity contribution in [1.29, 1.82) is 0 Å². The molecular formula is C43H67N13O9. The molecule has 0 aliphatic carbocycles. The number of amides is 7. The minimum atomic E-state index is -1.26. The second-order valence-electron chi connectivity index (χ2n) is 16.6. The number of likely N-dealkylation sites (tertiary alicyclic amines) is 1. The average molecular weight is 910 g/mol. The molecule has 2 heterocycles. The third-order valence-electron chi connectivity index (χ3n) is 11.1. The number of aliphatic carboxylic acids is 1. The zero-order valence-electron chi connectivity index (χ0n) is 38.0. The fourth-order valence-corrected chi connectivity index (χ4v) is 7.20. The van der Waals surface area contributed by atoms with Crippen molar-refractivity contribution in [2.24, 2.45) is 28.3 Å². The average Bonchev–Trinajstić information content (AvgIpc) is 3.98. The monoisotopic (exact) mass is 910 g/mol. The Balaban J connectivity index is 1.89. The number of nitrogens with zero attached hydrogens (tertiary/aromatic N) is 3. The summed E-state index contributed by atoms with van der Waals surface area (Å²) in [5, 5.41) is 28.3. The van der Waals surface area contributed by atoms with Crippen molar-refractivity contribution in [1.82, 2.24) is 52.1 Å². The number of aliphatic imine (C=N–C) groups is 1. The Kier molecular flexibility index (Phi) is 21.3. The zero-order chi connectivity index (χ0) is 48.2. The molecule has 0 saturated carbocycles. The van der Waals surface area contributed by atoms with Gasteiger partial charge in [-0.1, -0.05) is 64.4 Å². The summed E-state index contributed by atoms with van der Waals surface area (Å²) < 4.78 is 0. The van der Waals surface area contributed by atoms with E-state index in [9.17, 15) is 43.5 Å². The molecule has 1 saturated heterocycles. The molecule has 13 N–H and O–H groups in total. The summed E-state index contributed by atoms with van der Waals surface area (Å²) in [6, 6.07) is 0.795. The Morgan fingerprint density at radius 3 is 2.09 bits per heavy atom. The van der Waals surface area contributed by atoms with Crippen LogP contribution in [0.2, 0.25) is 0 Å². The number of carbonyl (C=O) groups excluding carboxylic acids is 7. The van der Waals surface area contributed by atoms with Crippen LogP contribution in [0.15, 0.2) is 47.8 Å². The van der Waals surface area contributed by atoms with Gasteiger partial charge in [-0.15, -0.1) is 0 Å². The van der Waals surface area contributed by atoms with Crippen LogP contribution in [0.4, 0.5) is 0 Å². The van der Waals surface area contributed by atoms with Crippen molar-refractivity contribution >= 4 is 53.3 Å². The van der Waals surface area contributed by atoms with Crippen LogP contribution in [0.5, 0.6) is 0 Å². The number of hydrogen-bond donors (Lipinski definition) is 11. The standard InChI is InChI=1S/C43H67N13O9/c1-7-25(4)35(40(62)53-31(20-28-21-47-23-49-28)41(63)56-18-12-16-32(56)38(60)50-26(5)42(64)65)55-37(59)30(19-27-13-9-8-10-14-27)52-39(61)34(24(2)3)54-36(58)29(51-33(57)22-46-6)15-11-17-48-43(44)45/h8-10,13-14,21,23-26,29-32,34-35,46H,7,11-12,15-20,22H2,1-6H3,(H,47,49)(H,50,60)(H,51,57)(H,52,61)(H,53,62)(H,54,58)(H,55,59)(H,64,65)(H4,44,45,48)/t25-,26+,29-,30-,31-,32-,34-,35-/m0/s1. The summed E-state index contributed by atoms with van der Waals surface area (Å²) in [7, 11) is 1.58. The molecule has 22 nitrogen and oxygen atoms in total. The van der Waals surface area contributed by atoms with E-state index in [1.807, 2.05) is 6.92 Å². The van der Waals surface area contributed by atoms with E-state index in [0.717, 1.165) is 0 Å². The van der Waals surface area contributed by atoms with Crippen LogP contribution in [0.3, 0.4) is 0 Å². The van der Waals surface area contributed by atoms with Crippen LogP contribution < -0.4 is 48.7 Å². The lowest BCUT2D eigenvalue weighted by atomic mass is 9.96. The quantitative estimate of drug-likeness (QED) is 0.0282. The maximum Gasteiger partial charge on any atom is 0.325 e. The molecule has 1 fully saturated rings. The fourth-order valence-electron chi connectivity index (χ4n) is 7.20. The maximum atomic E-state index is 14.4. The van der Waals surface area contributed by atoms with Gasteiger partial charge in [-0.25, -0.2) is 4.98 Å². The van der Waals surface area contributed by atoms with Gasteiger partial charge in [0.1, 0.15) is 42.3 Å². The predicted octanol–water partition coefficient (Wildman–Crippen LogP) is -1.83. The van der Waals surface area contributed by atoms with E-state index < -0.39 is 101 Å². The molecule has 8 atom stereocenters. The topological polar surface area (TPSA) is 337 Å². The first kappa shape index (κ1) is 52.8. The number of H-pyrrole nitrogens is 1. The van der Waals surface area contributed by atoms with Gasteiger partial charge in [0.15, 0.2) is 5.96 Å². The summed E-state index contributed by atoms with van der Waals surface area (Å²) >= 11 is 0. The molecule has 358 valence electrons. The van der Waals surface area contributed by atoms with Crippen molar-refractivity contribution in [2.75, 3.05) is 26.7 Å². The summed E-state index contributed by atoms with van der Waals surface area (Å²) in [5.74, 6) is -6.75. The highest BCUT2D eigenvalue weighted by Crippen LogP contribution is 2.21. The minimum Gasteiger partial charge on any atom is -0.480 e. The van der Waals surface area contributed by atoms with Gasteiger partial charge in [-0.05, 0) is 57.1 Å². The molecular weight excluding hydrogens is 843 g/mol. The van der Waals surface area contributed by atoms with E-state index in [1.165, 1.54) is 24.3 Å². The summed E-state index contributed by atoms with van der Waals surface area (Å²) in [5.41, 5.74) is 12.1. The van der Waals surface area contributed by atoms with Gasteiger partial charge in [0.25, 0.3) is 0 Å². The maximum absolute atomic E-state index is 14.4. The molecule has 1 aliphatic heterocycles. The Labute approximate surface area is 379 Å². The smallest absolute Gasteiger partial charge is 0.325 e. The minimum absolute atomic E-state index is 0.000640. The molecule has 0 radical (unpaired) electrons. The van der Waals surface area contributed by atoms with Crippen molar-refractivity contribution in [3.63, 3.8) is 0 Å². The van der Waals surface area contributed by atoms with E-state index in [-0.39, 0.29) is 51.3 Å². The number of carbonyl (C=O) groups is 8. The number of aromatic amines is 1. The number of benzene rings is 1. The first-order valence-corrected chi connectivity index (χ1v) is 21.9. The van der Waals surface area contributed by atoms with E-state index in [4.69, 9.17) is 11.5 Å². The number of imidazole rings is 1. The van der Waals surface area contributed by atoms with Gasteiger partial charge in [-0.3, -0.25) is 43.3 Å². The second kappa shape index (κ2) is 26.3. The molecule has 1 aliphatic rings. The summed E-state index contributed by atoms with van der Waals surface area (Å²) in [4.78, 5) is 120. The number of nitrogens with one attached hydrogen (secondary N) is 8. The van der Waals surface area contributed by atoms with Gasteiger partial charge in [0, 0.05) is 37.8 Å². The number of hydrogen-bond acceptors (Lipinski definition) is 11. The van der Waals surface area contributed by atoms with Crippen LogP contribution in [0.25, 0.3) is 0 Å². The van der Waals surface area contributed by atoms with Crippen LogP contribution >= 0.6 is 0 Å². The largest absolute Gasteiger partial charge is 0.480 e. The predicted molar refractivity (Wildman–Crippen MR) is 240 cm³/mol. The normalized spacial score (nSPS) is 16.7. The second-order valence-corrected chi connectivity index (χ2v) is 16.6. The zero-order valence-corrected chi connectivity index (χ0v) is 38.0. The number of carboxylic acids is 1. The first-order chi connectivity index (χ1) is 30.9. The number of carboxylic acid groups (broad SMARTS) is 1. The Hall–Kier alpha value is -6.58. The highest BCUT2D eigenvalue weighted by molar-refractivity contribution is 5.98. The van der Waals surface area contributed by atoms with Crippen molar-refractivity contribution in [2.45, 2.75) is 122 Å². The lowest BCUT2D eigenvalue weighted by Gasteiger charge is -2.32. The Bertz CT molecular complexity index is 1940. The Morgan fingerprint density at radius 1 is 0.846 bits per heavy atom. The number of likely N-dealkylation sites (N-methyl/N-ethyl adjacent to an activating group) is 1. The molecule has 0 bridgehead atoms. The van der Waals surface area contributed by atoms with E-state index in [2.05, 4.69) is 52.2 Å². The Morgan fingerprint density at radius 2 is 1.49 bits per heavy atom. The number of aromatic nitrogens is 2.